The van der Waals surface area contributed by atoms with E-state index in [-0.39, 0.29) is 24.9 Å². The molecule has 0 spiro atoms. The van der Waals surface area contributed by atoms with E-state index in [4.69, 9.17) is 9.47 Å². The standard InChI is InChI=1S/C10H14N4O2/c1-2-12-6-5-11(1)7-8-13(5)3-4-14(6)10(16-8)9(12)15-7/h5-10H,1-4H2. The summed E-state index contributed by atoms with van der Waals surface area (Å²) in [4.78, 5) is 10.1. The highest BCUT2D eigenvalue weighted by Crippen LogP contribution is 2.52. The lowest BCUT2D eigenvalue weighted by Gasteiger charge is -2.47. The van der Waals surface area contributed by atoms with Gasteiger partial charge in [0.2, 0.25) is 0 Å². The van der Waals surface area contributed by atoms with E-state index in [2.05, 4.69) is 19.6 Å². The van der Waals surface area contributed by atoms with Gasteiger partial charge >= 0.3 is 0 Å². The molecule has 0 aromatic carbocycles. The average Bonchev–Trinajstić information content (AvgIpc) is 2.58. The molecule has 0 aromatic rings. The molecule has 5 aliphatic heterocycles. The fraction of sp³-hybridized carbons (Fsp3) is 1.00. The third-order valence-electron chi connectivity index (χ3n) is 5.21. The normalized spacial score (nSPS) is 63.0. The van der Waals surface area contributed by atoms with Crippen molar-refractivity contribution in [2.45, 2.75) is 37.2 Å². The van der Waals surface area contributed by atoms with Crippen molar-refractivity contribution in [2.24, 2.45) is 0 Å². The van der Waals surface area contributed by atoms with Crippen LogP contribution in [0.25, 0.3) is 0 Å². The topological polar surface area (TPSA) is 31.4 Å². The molecule has 0 aliphatic carbocycles. The zero-order chi connectivity index (χ0) is 10.0. The quantitative estimate of drug-likeness (QED) is 0.484. The Balaban J connectivity index is 1.70. The minimum absolute atomic E-state index is 0.196. The Kier molecular flexibility index (Phi) is 1.09. The Morgan fingerprint density at radius 1 is 0.562 bits per heavy atom. The second-order valence-electron chi connectivity index (χ2n) is 5.61. The number of hydrogen-bond acceptors (Lipinski definition) is 6. The van der Waals surface area contributed by atoms with Crippen LogP contribution in [0.3, 0.4) is 0 Å². The molecule has 5 heterocycles. The lowest BCUT2D eigenvalue weighted by Crippen LogP contribution is -2.66. The number of rotatable bonds is 0. The molecule has 4 atom stereocenters. The van der Waals surface area contributed by atoms with Crippen molar-refractivity contribution in [3.63, 3.8) is 0 Å². The number of fused-ring (bicyclic) bond motifs is 6. The second kappa shape index (κ2) is 2.19. The summed E-state index contributed by atoms with van der Waals surface area (Å²) in [6.07, 6.45) is 1.83. The van der Waals surface area contributed by atoms with Crippen LogP contribution in [0.15, 0.2) is 0 Å². The van der Waals surface area contributed by atoms with E-state index < -0.39 is 0 Å². The maximum atomic E-state index is 6.27. The molecule has 0 N–H and O–H groups in total. The molecule has 6 nitrogen and oxygen atoms in total. The predicted octanol–water partition coefficient (Wildman–Crippen LogP) is -1.73. The average molecular weight is 222 g/mol. The molecule has 0 bridgehead atoms. The Labute approximate surface area is 93.3 Å². The summed E-state index contributed by atoms with van der Waals surface area (Å²) in [5.74, 6) is 0. The van der Waals surface area contributed by atoms with Crippen molar-refractivity contribution in [2.75, 3.05) is 26.2 Å². The van der Waals surface area contributed by atoms with Crippen LogP contribution in [0.1, 0.15) is 0 Å². The van der Waals surface area contributed by atoms with Gasteiger partial charge in [-0.1, -0.05) is 0 Å². The number of hydrogen-bond donors (Lipinski definition) is 0. The molecule has 4 unspecified atom stereocenters. The maximum absolute atomic E-state index is 6.27. The molecule has 6 heteroatoms. The minimum Gasteiger partial charge on any atom is -0.336 e. The zero-order valence-electron chi connectivity index (χ0n) is 8.90. The van der Waals surface area contributed by atoms with Crippen molar-refractivity contribution in [1.82, 2.24) is 19.6 Å². The largest absolute Gasteiger partial charge is 0.336 e. The molecule has 0 radical (unpaired) electrons. The summed E-state index contributed by atoms with van der Waals surface area (Å²) in [5, 5.41) is 0. The fourth-order valence-electron chi connectivity index (χ4n) is 4.69. The van der Waals surface area contributed by atoms with Gasteiger partial charge in [-0.15, -0.1) is 0 Å². The lowest BCUT2D eigenvalue weighted by molar-refractivity contribution is -0.274. The van der Waals surface area contributed by atoms with Gasteiger partial charge in [0.1, 0.15) is 0 Å². The highest BCUT2D eigenvalue weighted by molar-refractivity contribution is 5.13. The van der Waals surface area contributed by atoms with Gasteiger partial charge in [0.05, 0.1) is 12.3 Å². The molecule has 5 rings (SSSR count). The summed E-state index contributed by atoms with van der Waals surface area (Å²) < 4.78 is 12.5. The van der Waals surface area contributed by atoms with Crippen molar-refractivity contribution in [1.29, 1.82) is 0 Å². The number of piperazine rings is 2. The Morgan fingerprint density at radius 2 is 0.875 bits per heavy atom. The van der Waals surface area contributed by atoms with Gasteiger partial charge in [0, 0.05) is 26.2 Å². The van der Waals surface area contributed by atoms with E-state index in [0.29, 0.717) is 12.3 Å². The molecule has 5 fully saturated rings. The van der Waals surface area contributed by atoms with Crippen molar-refractivity contribution >= 4 is 0 Å². The van der Waals surface area contributed by atoms with E-state index in [1.54, 1.807) is 0 Å². The SMILES string of the molecule is C1CN2C3OC4C5OC3N3CCN5C(C23)N14. The van der Waals surface area contributed by atoms with Crippen LogP contribution < -0.4 is 0 Å². The first-order valence-corrected chi connectivity index (χ1v) is 6.27. The number of ether oxygens (including phenoxy) is 2. The lowest BCUT2D eigenvalue weighted by atomic mass is 10.2. The summed E-state index contributed by atoms with van der Waals surface area (Å²) in [7, 11) is 0. The highest BCUT2D eigenvalue weighted by Gasteiger charge is 2.71. The van der Waals surface area contributed by atoms with E-state index >= 15 is 0 Å². The van der Waals surface area contributed by atoms with Gasteiger partial charge in [-0.2, -0.15) is 0 Å². The van der Waals surface area contributed by atoms with Gasteiger partial charge < -0.3 is 9.47 Å². The molecular formula is C10H14N4O2. The fourth-order valence-corrected chi connectivity index (χ4v) is 4.69. The Bertz CT molecular complexity index is 317. The summed E-state index contributed by atoms with van der Waals surface area (Å²) in [5.41, 5.74) is 0. The van der Waals surface area contributed by atoms with E-state index in [0.717, 1.165) is 26.2 Å². The Morgan fingerprint density at radius 3 is 1.19 bits per heavy atom. The van der Waals surface area contributed by atoms with Gasteiger partial charge in [-0.05, 0) is 0 Å². The van der Waals surface area contributed by atoms with Crippen LogP contribution in [-0.2, 0) is 9.47 Å². The molecule has 5 saturated heterocycles. The van der Waals surface area contributed by atoms with Crippen LogP contribution in [0, 0.1) is 0 Å². The molecule has 16 heavy (non-hydrogen) atoms. The molecule has 86 valence electrons. The van der Waals surface area contributed by atoms with Crippen LogP contribution >= 0.6 is 0 Å². The first-order valence-electron chi connectivity index (χ1n) is 6.27. The van der Waals surface area contributed by atoms with E-state index in [1.165, 1.54) is 0 Å². The first-order chi connectivity index (χ1) is 7.93. The van der Waals surface area contributed by atoms with Crippen LogP contribution in [0.5, 0.6) is 0 Å². The van der Waals surface area contributed by atoms with Crippen molar-refractivity contribution in [3.8, 4) is 0 Å². The van der Waals surface area contributed by atoms with Gasteiger partial charge in [-0.25, -0.2) is 0 Å². The van der Waals surface area contributed by atoms with Gasteiger partial charge in [0.25, 0.3) is 0 Å². The molecule has 0 amide bonds. The minimum atomic E-state index is 0.196. The van der Waals surface area contributed by atoms with Crippen LogP contribution in [-0.4, -0.2) is 83.0 Å². The second-order valence-corrected chi connectivity index (χ2v) is 5.61. The third-order valence-corrected chi connectivity index (χ3v) is 5.21. The summed E-state index contributed by atoms with van der Waals surface area (Å²) >= 11 is 0. The van der Waals surface area contributed by atoms with E-state index in [9.17, 15) is 0 Å². The van der Waals surface area contributed by atoms with Crippen LogP contribution in [0.2, 0.25) is 0 Å². The Hall–Kier alpha value is -0.240. The maximum Gasteiger partial charge on any atom is 0.154 e. The molecular weight excluding hydrogens is 208 g/mol. The van der Waals surface area contributed by atoms with Gasteiger partial charge in [-0.3, -0.25) is 19.6 Å². The molecule has 5 aliphatic rings. The first kappa shape index (κ1) is 7.97. The van der Waals surface area contributed by atoms with Crippen LogP contribution in [0.4, 0.5) is 0 Å². The predicted molar refractivity (Wildman–Crippen MR) is 51.7 cm³/mol. The molecule has 0 saturated carbocycles. The third kappa shape index (κ3) is 0.587. The monoisotopic (exact) mass is 222 g/mol. The van der Waals surface area contributed by atoms with Crippen molar-refractivity contribution in [3.05, 3.63) is 0 Å². The summed E-state index contributed by atoms with van der Waals surface area (Å²) in [6, 6.07) is 0. The van der Waals surface area contributed by atoms with Crippen molar-refractivity contribution < 1.29 is 9.47 Å². The highest BCUT2D eigenvalue weighted by atomic mass is 16.7. The smallest absolute Gasteiger partial charge is 0.154 e. The summed E-state index contributed by atoms with van der Waals surface area (Å²) in [6.45, 7) is 4.55. The van der Waals surface area contributed by atoms with Gasteiger partial charge in [0.15, 0.2) is 24.9 Å². The zero-order valence-corrected chi connectivity index (χ0v) is 8.90. The number of nitrogens with zero attached hydrogens (tertiary/aromatic N) is 4. The molecule has 0 aromatic heterocycles. The van der Waals surface area contributed by atoms with E-state index in [1.807, 2.05) is 0 Å².